The topological polar surface area (TPSA) is 118 Å². The second-order valence-electron chi connectivity index (χ2n) is 2.15. The van der Waals surface area contributed by atoms with Crippen molar-refractivity contribution in [3.05, 3.63) is 43.5 Å². The maximum absolute atomic E-state index is 10.3. The van der Waals surface area contributed by atoms with Gasteiger partial charge in [0.05, 0.1) is 15.9 Å². The van der Waals surface area contributed by atoms with Gasteiger partial charge in [-0.05, 0) is 6.07 Å². The molecule has 8 heteroatoms. The van der Waals surface area contributed by atoms with Crippen LogP contribution in [0.2, 0.25) is 5.02 Å². The molecule has 0 saturated heterocycles. The summed E-state index contributed by atoms with van der Waals surface area (Å²) in [5.74, 6) is 0. The van der Waals surface area contributed by atoms with Gasteiger partial charge in [-0.25, -0.2) is 0 Å². The van der Waals surface area contributed by atoms with Crippen LogP contribution in [-0.4, -0.2) is 15.3 Å². The summed E-state index contributed by atoms with van der Waals surface area (Å²) in [7, 11) is 0. The summed E-state index contributed by atoms with van der Waals surface area (Å²) in [5.41, 5.74) is -0.813. The molecule has 1 aromatic carbocycles. The molecule has 1 aromatic rings. The number of halogens is 1. The van der Waals surface area contributed by atoms with E-state index in [9.17, 15) is 20.2 Å². The average molecular weight is 221 g/mol. The Labute approximate surface area is 82.5 Å². The third-order valence-corrected chi connectivity index (χ3v) is 1.66. The van der Waals surface area contributed by atoms with Gasteiger partial charge < -0.3 is 5.48 Å². The molecule has 0 atom stereocenters. The van der Waals surface area contributed by atoms with Crippen molar-refractivity contribution in [1.29, 1.82) is 0 Å². The summed E-state index contributed by atoms with van der Waals surface area (Å²) < 4.78 is 0. The summed E-state index contributed by atoms with van der Waals surface area (Å²) >= 11 is 5.43. The molecule has 0 amide bonds. The number of non-ortho nitro benzene ring substituents is 1. The lowest BCUT2D eigenvalue weighted by Gasteiger charge is -1.94. The average Bonchev–Trinajstić information content (AvgIpc) is 2.04. The van der Waals surface area contributed by atoms with Crippen molar-refractivity contribution in [2.24, 2.45) is 0 Å². The summed E-state index contributed by atoms with van der Waals surface area (Å²) in [4.78, 5) is 19.0. The first kappa shape index (κ1) is 12.3. The third-order valence-electron chi connectivity index (χ3n) is 1.34. The second kappa shape index (κ2) is 4.49. The van der Waals surface area contributed by atoms with Crippen molar-refractivity contribution in [2.45, 2.75) is 0 Å². The van der Waals surface area contributed by atoms with E-state index >= 15 is 0 Å². The van der Waals surface area contributed by atoms with Gasteiger partial charge in [0.25, 0.3) is 11.4 Å². The molecule has 76 valence electrons. The lowest BCUT2D eigenvalue weighted by molar-refractivity contribution is -0.394. The molecule has 0 saturated carbocycles. The maximum atomic E-state index is 10.3. The van der Waals surface area contributed by atoms with Crippen LogP contribution in [0.5, 0.6) is 0 Å². The second-order valence-corrected chi connectivity index (χ2v) is 2.56. The van der Waals surface area contributed by atoms with Gasteiger partial charge in [0.2, 0.25) is 0 Å². The van der Waals surface area contributed by atoms with E-state index in [0.717, 1.165) is 18.2 Å². The Balaban J connectivity index is 0.00000169. The Kier molecular flexibility index (Phi) is 3.94. The fourth-order valence-corrected chi connectivity index (χ4v) is 0.941. The van der Waals surface area contributed by atoms with Crippen molar-refractivity contribution in [3.63, 3.8) is 0 Å². The van der Waals surface area contributed by atoms with E-state index in [1.807, 2.05) is 0 Å². The summed E-state index contributed by atoms with van der Waals surface area (Å²) in [6.45, 7) is 0. The van der Waals surface area contributed by atoms with Gasteiger partial charge in [0.15, 0.2) is 0 Å². The first-order valence-corrected chi connectivity index (χ1v) is 3.48. The van der Waals surface area contributed by atoms with Crippen LogP contribution < -0.4 is 0 Å². The van der Waals surface area contributed by atoms with Gasteiger partial charge >= 0.3 is 0 Å². The van der Waals surface area contributed by atoms with E-state index < -0.39 is 15.5 Å². The van der Waals surface area contributed by atoms with E-state index in [-0.39, 0.29) is 16.2 Å². The van der Waals surface area contributed by atoms with Crippen LogP contribution in [0.1, 0.15) is 0 Å². The first-order valence-electron chi connectivity index (χ1n) is 3.10. The smallest absolute Gasteiger partial charge is 0.294 e. The van der Waals surface area contributed by atoms with E-state index in [1.54, 1.807) is 0 Å². The molecule has 0 fully saturated rings. The summed E-state index contributed by atoms with van der Waals surface area (Å²) in [6.07, 6.45) is 0. The predicted molar refractivity (Wildman–Crippen MR) is 48.4 cm³/mol. The standard InChI is InChI=1S/C6H3ClN2O4.H2O/c7-5-2-1-4(8(10)11)3-6(5)9(12)13;/h1-3H;1H2. The number of nitrogens with zero attached hydrogens (tertiary/aromatic N) is 2. The zero-order valence-electron chi connectivity index (χ0n) is 6.64. The monoisotopic (exact) mass is 220 g/mol. The molecule has 0 radical (unpaired) electrons. The minimum absolute atomic E-state index is 0. The van der Waals surface area contributed by atoms with Gasteiger partial charge in [-0.3, -0.25) is 20.2 Å². The number of hydrogen-bond acceptors (Lipinski definition) is 4. The van der Waals surface area contributed by atoms with Crippen LogP contribution in [-0.2, 0) is 0 Å². The van der Waals surface area contributed by atoms with Crippen molar-refractivity contribution in [1.82, 2.24) is 0 Å². The zero-order chi connectivity index (χ0) is 10.0. The fourth-order valence-electron chi connectivity index (χ4n) is 0.755. The molecule has 1 rings (SSSR count). The van der Waals surface area contributed by atoms with Gasteiger partial charge in [-0.15, -0.1) is 0 Å². The third kappa shape index (κ3) is 2.38. The minimum Gasteiger partial charge on any atom is -0.412 e. The Morgan fingerprint density at radius 2 is 1.71 bits per heavy atom. The van der Waals surface area contributed by atoms with Gasteiger partial charge in [-0.2, -0.15) is 0 Å². The van der Waals surface area contributed by atoms with E-state index in [1.165, 1.54) is 0 Å². The molecule has 0 bridgehead atoms. The highest BCUT2D eigenvalue weighted by Crippen LogP contribution is 2.28. The van der Waals surface area contributed by atoms with Crippen molar-refractivity contribution in [3.8, 4) is 0 Å². The number of nitro groups is 2. The van der Waals surface area contributed by atoms with Crippen LogP contribution in [0.15, 0.2) is 18.2 Å². The molecule has 14 heavy (non-hydrogen) atoms. The molecular weight excluding hydrogens is 216 g/mol. The van der Waals surface area contributed by atoms with Crippen LogP contribution >= 0.6 is 11.6 Å². The zero-order valence-corrected chi connectivity index (χ0v) is 7.39. The number of hydrogen-bond donors (Lipinski definition) is 0. The van der Waals surface area contributed by atoms with Gasteiger partial charge in [0, 0.05) is 6.07 Å². The van der Waals surface area contributed by atoms with Crippen LogP contribution in [0, 0.1) is 20.2 Å². The predicted octanol–water partition coefficient (Wildman–Crippen LogP) is 1.33. The molecule has 0 aromatic heterocycles. The molecule has 0 heterocycles. The summed E-state index contributed by atoms with van der Waals surface area (Å²) in [6, 6.07) is 3.05. The molecule has 0 aliphatic rings. The molecule has 0 unspecified atom stereocenters. The van der Waals surface area contributed by atoms with Crippen LogP contribution in [0.3, 0.4) is 0 Å². The highest BCUT2D eigenvalue weighted by atomic mass is 35.5. The van der Waals surface area contributed by atoms with Gasteiger partial charge in [0.1, 0.15) is 5.02 Å². The highest BCUT2D eigenvalue weighted by Gasteiger charge is 2.17. The molecule has 0 aliphatic carbocycles. The quantitative estimate of drug-likeness (QED) is 0.552. The van der Waals surface area contributed by atoms with E-state index in [4.69, 9.17) is 11.6 Å². The van der Waals surface area contributed by atoms with Crippen molar-refractivity contribution >= 4 is 23.0 Å². The number of nitro benzene ring substituents is 2. The highest BCUT2D eigenvalue weighted by molar-refractivity contribution is 6.32. The van der Waals surface area contributed by atoms with E-state index in [0.29, 0.717) is 0 Å². The lowest BCUT2D eigenvalue weighted by Crippen LogP contribution is -1.92. The number of rotatable bonds is 2. The lowest BCUT2D eigenvalue weighted by atomic mass is 10.3. The molecule has 0 aliphatic heterocycles. The number of benzene rings is 1. The first-order chi connectivity index (χ1) is 6.02. The largest absolute Gasteiger partial charge is 0.412 e. The molecule has 7 nitrogen and oxygen atoms in total. The Hall–Kier alpha value is -1.73. The maximum Gasteiger partial charge on any atom is 0.294 e. The SMILES string of the molecule is O.O=[N+]([O-])c1ccc(Cl)c([N+](=O)[O-])c1. The molecular formula is C6H5ClN2O5. The summed E-state index contributed by atoms with van der Waals surface area (Å²) in [5, 5.41) is 20.4. The van der Waals surface area contributed by atoms with Crippen molar-refractivity contribution in [2.75, 3.05) is 0 Å². The fraction of sp³-hybridized carbons (Fsp3) is 0. The minimum atomic E-state index is -0.769. The normalized spacial score (nSPS) is 8.93. The molecule has 2 N–H and O–H groups in total. The Morgan fingerprint density at radius 3 is 2.14 bits per heavy atom. The van der Waals surface area contributed by atoms with Crippen LogP contribution in [0.4, 0.5) is 11.4 Å². The molecule has 0 spiro atoms. The van der Waals surface area contributed by atoms with E-state index in [2.05, 4.69) is 0 Å². The Bertz CT molecular complexity index is 380. The van der Waals surface area contributed by atoms with Crippen molar-refractivity contribution < 1.29 is 15.3 Å². The van der Waals surface area contributed by atoms with Gasteiger partial charge in [-0.1, -0.05) is 11.6 Å². The van der Waals surface area contributed by atoms with Crippen LogP contribution in [0.25, 0.3) is 0 Å². The Morgan fingerprint density at radius 1 is 1.14 bits per heavy atom.